The Morgan fingerprint density at radius 3 is 2.84 bits per heavy atom. The first-order valence-corrected chi connectivity index (χ1v) is 9.58. The van der Waals surface area contributed by atoms with Crippen molar-refractivity contribution in [2.45, 2.75) is 57.7 Å². The zero-order valence-corrected chi connectivity index (χ0v) is 15.0. The molecule has 0 radical (unpaired) electrons. The normalized spacial score (nSPS) is 25.3. The standard InChI is InChI=1S/C20H27N3O2/c1-15(22-12-5-4-10-19(22)24)20(25)23-14-17-8-6-11-21(17)13-16-7-2-3-9-18(16)23/h2-3,7,9,15,17H,4-6,8,10-14H2,1H3. The van der Waals surface area contributed by atoms with E-state index in [4.69, 9.17) is 0 Å². The number of hydrogen-bond donors (Lipinski definition) is 0. The molecule has 1 aromatic carbocycles. The SMILES string of the molecule is CC(C(=O)N1CC2CCCN2Cc2ccccc21)N1CCCCC1=O. The number of hydrogen-bond acceptors (Lipinski definition) is 3. The van der Waals surface area contributed by atoms with Crippen LogP contribution in [0.25, 0.3) is 0 Å². The maximum Gasteiger partial charge on any atom is 0.249 e. The Bertz CT molecular complexity index is 675. The molecular formula is C20H27N3O2. The number of fused-ring (bicyclic) bond motifs is 2. The van der Waals surface area contributed by atoms with Gasteiger partial charge in [0.2, 0.25) is 11.8 Å². The molecule has 0 aromatic heterocycles. The molecule has 0 N–H and O–H groups in total. The van der Waals surface area contributed by atoms with Crippen molar-refractivity contribution >= 4 is 17.5 Å². The smallest absolute Gasteiger partial charge is 0.249 e. The molecule has 3 aliphatic rings. The minimum absolute atomic E-state index is 0.0662. The van der Waals surface area contributed by atoms with Gasteiger partial charge in [-0.15, -0.1) is 0 Å². The Kier molecular flexibility index (Phi) is 4.50. The monoisotopic (exact) mass is 341 g/mol. The highest BCUT2D eigenvalue weighted by atomic mass is 16.2. The zero-order chi connectivity index (χ0) is 17.4. The van der Waals surface area contributed by atoms with Crippen molar-refractivity contribution in [3.8, 4) is 0 Å². The number of anilines is 1. The molecule has 3 heterocycles. The molecule has 2 saturated heterocycles. The van der Waals surface area contributed by atoms with Gasteiger partial charge in [0.05, 0.1) is 0 Å². The summed E-state index contributed by atoms with van der Waals surface area (Å²) in [6.07, 6.45) is 4.87. The van der Waals surface area contributed by atoms with Gasteiger partial charge in [0, 0.05) is 37.8 Å². The Morgan fingerprint density at radius 2 is 2.00 bits per heavy atom. The van der Waals surface area contributed by atoms with Crippen molar-refractivity contribution in [3.63, 3.8) is 0 Å². The maximum absolute atomic E-state index is 13.4. The van der Waals surface area contributed by atoms with Crippen LogP contribution in [0, 0.1) is 0 Å². The highest BCUT2D eigenvalue weighted by molar-refractivity contribution is 5.99. The number of likely N-dealkylation sites (tertiary alicyclic amines) is 1. The molecule has 0 bridgehead atoms. The van der Waals surface area contributed by atoms with Crippen molar-refractivity contribution in [3.05, 3.63) is 29.8 Å². The van der Waals surface area contributed by atoms with Crippen LogP contribution in [0.5, 0.6) is 0 Å². The third-order valence-electron chi connectivity index (χ3n) is 6.00. The van der Waals surface area contributed by atoms with Gasteiger partial charge in [0.15, 0.2) is 0 Å². The average Bonchev–Trinajstić information content (AvgIpc) is 3.00. The summed E-state index contributed by atoms with van der Waals surface area (Å²) in [4.78, 5) is 31.9. The maximum atomic E-state index is 13.4. The van der Waals surface area contributed by atoms with E-state index in [0.29, 0.717) is 19.0 Å². The van der Waals surface area contributed by atoms with Gasteiger partial charge in [-0.25, -0.2) is 0 Å². The Balaban J connectivity index is 1.63. The van der Waals surface area contributed by atoms with Crippen molar-refractivity contribution in [1.29, 1.82) is 0 Å². The van der Waals surface area contributed by atoms with Crippen LogP contribution in [-0.2, 0) is 16.1 Å². The number of rotatable bonds is 2. The van der Waals surface area contributed by atoms with Gasteiger partial charge < -0.3 is 9.80 Å². The van der Waals surface area contributed by atoms with Crippen molar-refractivity contribution in [2.75, 3.05) is 24.5 Å². The predicted octanol–water partition coefficient (Wildman–Crippen LogP) is 2.40. The lowest BCUT2D eigenvalue weighted by molar-refractivity contribution is -0.140. The predicted molar refractivity (Wildman–Crippen MR) is 97.3 cm³/mol. The van der Waals surface area contributed by atoms with Gasteiger partial charge in [-0.2, -0.15) is 0 Å². The highest BCUT2D eigenvalue weighted by Gasteiger charge is 2.37. The first-order chi connectivity index (χ1) is 12.1. The van der Waals surface area contributed by atoms with E-state index in [-0.39, 0.29) is 17.9 Å². The number of carbonyl (C=O) groups excluding carboxylic acids is 2. The Morgan fingerprint density at radius 1 is 1.16 bits per heavy atom. The molecule has 25 heavy (non-hydrogen) atoms. The minimum atomic E-state index is -0.381. The molecule has 0 aliphatic carbocycles. The molecule has 5 heteroatoms. The summed E-state index contributed by atoms with van der Waals surface area (Å²) in [6.45, 7) is 5.37. The second-order valence-corrected chi connectivity index (χ2v) is 7.56. The number of carbonyl (C=O) groups is 2. The van der Waals surface area contributed by atoms with Crippen LogP contribution in [0.1, 0.15) is 44.6 Å². The van der Waals surface area contributed by atoms with Gasteiger partial charge in [0.1, 0.15) is 6.04 Å². The quantitative estimate of drug-likeness (QED) is 0.830. The first kappa shape index (κ1) is 16.6. The molecule has 2 fully saturated rings. The first-order valence-electron chi connectivity index (χ1n) is 9.58. The molecule has 134 valence electrons. The molecule has 0 spiro atoms. The van der Waals surface area contributed by atoms with Crippen LogP contribution in [0.4, 0.5) is 5.69 Å². The van der Waals surface area contributed by atoms with Crippen LogP contribution in [-0.4, -0.2) is 53.3 Å². The molecule has 0 saturated carbocycles. The lowest BCUT2D eigenvalue weighted by atomic mass is 10.1. The van der Waals surface area contributed by atoms with Gasteiger partial charge >= 0.3 is 0 Å². The molecular weight excluding hydrogens is 314 g/mol. The summed E-state index contributed by atoms with van der Waals surface area (Å²) < 4.78 is 0. The molecule has 4 rings (SSSR count). The number of para-hydroxylation sites is 1. The summed E-state index contributed by atoms with van der Waals surface area (Å²) in [5, 5.41) is 0. The van der Waals surface area contributed by atoms with Crippen molar-refractivity contribution in [1.82, 2.24) is 9.80 Å². The van der Waals surface area contributed by atoms with Crippen molar-refractivity contribution < 1.29 is 9.59 Å². The summed E-state index contributed by atoms with van der Waals surface area (Å²) in [5.74, 6) is 0.189. The van der Waals surface area contributed by atoms with Crippen LogP contribution < -0.4 is 4.90 Å². The van der Waals surface area contributed by atoms with Crippen LogP contribution in [0.2, 0.25) is 0 Å². The summed E-state index contributed by atoms with van der Waals surface area (Å²) >= 11 is 0. The topological polar surface area (TPSA) is 43.9 Å². The van der Waals surface area contributed by atoms with E-state index in [9.17, 15) is 9.59 Å². The van der Waals surface area contributed by atoms with Gasteiger partial charge in [-0.3, -0.25) is 14.5 Å². The molecule has 5 nitrogen and oxygen atoms in total. The van der Waals surface area contributed by atoms with Crippen molar-refractivity contribution in [2.24, 2.45) is 0 Å². The van der Waals surface area contributed by atoms with E-state index < -0.39 is 0 Å². The fraction of sp³-hybridized carbons (Fsp3) is 0.600. The van der Waals surface area contributed by atoms with Crippen LogP contribution in [0.15, 0.2) is 24.3 Å². The number of piperidine rings is 1. The second kappa shape index (κ2) is 6.79. The summed E-state index contributed by atoms with van der Waals surface area (Å²) in [7, 11) is 0. The second-order valence-electron chi connectivity index (χ2n) is 7.56. The van der Waals surface area contributed by atoms with Crippen LogP contribution in [0.3, 0.4) is 0 Å². The minimum Gasteiger partial charge on any atom is -0.331 e. The van der Waals surface area contributed by atoms with E-state index >= 15 is 0 Å². The molecule has 2 amide bonds. The fourth-order valence-electron chi connectivity index (χ4n) is 4.55. The van der Waals surface area contributed by atoms with Gasteiger partial charge in [-0.05, 0) is 50.8 Å². The Labute approximate surface area is 149 Å². The third kappa shape index (κ3) is 3.06. The number of nitrogens with zero attached hydrogens (tertiary/aromatic N) is 3. The average molecular weight is 341 g/mol. The molecule has 1 aromatic rings. The third-order valence-corrected chi connectivity index (χ3v) is 6.00. The molecule has 3 aliphatic heterocycles. The largest absolute Gasteiger partial charge is 0.331 e. The zero-order valence-electron chi connectivity index (χ0n) is 15.0. The Hall–Kier alpha value is -1.88. The van der Waals surface area contributed by atoms with E-state index in [2.05, 4.69) is 23.1 Å². The lowest BCUT2D eigenvalue weighted by Gasteiger charge is -2.35. The van der Waals surface area contributed by atoms with E-state index in [1.807, 2.05) is 17.9 Å². The summed E-state index contributed by atoms with van der Waals surface area (Å²) in [5.41, 5.74) is 2.25. The lowest BCUT2D eigenvalue weighted by Crippen LogP contribution is -2.52. The molecule has 2 unspecified atom stereocenters. The molecule has 2 atom stereocenters. The number of amides is 2. The van der Waals surface area contributed by atoms with E-state index in [1.54, 1.807) is 4.90 Å². The summed E-state index contributed by atoms with van der Waals surface area (Å²) in [6, 6.07) is 8.30. The fourth-order valence-corrected chi connectivity index (χ4v) is 4.55. The van der Waals surface area contributed by atoms with E-state index in [1.165, 1.54) is 12.0 Å². The number of benzene rings is 1. The van der Waals surface area contributed by atoms with Crippen LogP contribution >= 0.6 is 0 Å². The van der Waals surface area contributed by atoms with E-state index in [0.717, 1.165) is 44.6 Å². The highest BCUT2D eigenvalue weighted by Crippen LogP contribution is 2.32. The van der Waals surface area contributed by atoms with Gasteiger partial charge in [-0.1, -0.05) is 18.2 Å². The van der Waals surface area contributed by atoms with Gasteiger partial charge in [0.25, 0.3) is 0 Å².